The molecule has 2 heterocycles. The van der Waals surface area contributed by atoms with E-state index in [1.807, 2.05) is 0 Å². The summed E-state index contributed by atoms with van der Waals surface area (Å²) < 4.78 is 64.3. The van der Waals surface area contributed by atoms with E-state index in [-0.39, 0.29) is 13.2 Å². The summed E-state index contributed by atoms with van der Waals surface area (Å²) in [6.45, 7) is 0.0397. The van der Waals surface area contributed by atoms with Crippen LogP contribution in [0.1, 0.15) is 0 Å². The van der Waals surface area contributed by atoms with E-state index in [0.717, 1.165) is 12.5 Å². The lowest BCUT2D eigenvalue weighted by molar-refractivity contribution is 0.0226. The molecule has 0 saturated carbocycles. The molecule has 8 nitrogen and oxygen atoms in total. The van der Waals surface area contributed by atoms with Crippen LogP contribution in [0, 0.1) is 0 Å². The van der Waals surface area contributed by atoms with Gasteiger partial charge in [0, 0.05) is 0 Å². The first kappa shape index (κ1) is 14.2. The van der Waals surface area contributed by atoms with Crippen LogP contribution in [0.5, 0.6) is 0 Å². The van der Waals surface area contributed by atoms with Crippen LogP contribution in [0.4, 0.5) is 0 Å². The van der Waals surface area contributed by atoms with E-state index in [1.165, 1.54) is 0 Å². The van der Waals surface area contributed by atoms with Crippen molar-refractivity contribution in [3.8, 4) is 0 Å². The fourth-order valence-corrected chi connectivity index (χ4v) is 3.27. The topological polar surface area (TPSA) is 105 Å². The summed E-state index contributed by atoms with van der Waals surface area (Å²) in [5.41, 5.74) is 0. The highest BCUT2D eigenvalue weighted by Gasteiger charge is 2.51. The third-order valence-electron chi connectivity index (χ3n) is 2.56. The Morgan fingerprint density at radius 1 is 0.833 bits per heavy atom. The summed E-state index contributed by atoms with van der Waals surface area (Å²) >= 11 is 0. The Kier molecular flexibility index (Phi) is 3.69. The van der Waals surface area contributed by atoms with Crippen LogP contribution in [0.3, 0.4) is 0 Å². The molecule has 0 aromatic rings. The van der Waals surface area contributed by atoms with Crippen molar-refractivity contribution in [2.75, 3.05) is 25.7 Å². The van der Waals surface area contributed by atoms with E-state index >= 15 is 0 Å². The highest BCUT2D eigenvalue weighted by atomic mass is 32.2. The zero-order chi connectivity index (χ0) is 13.6. The molecule has 0 aromatic heterocycles. The van der Waals surface area contributed by atoms with Gasteiger partial charge in [-0.1, -0.05) is 0 Å². The minimum Gasteiger partial charge on any atom is -0.370 e. The van der Waals surface area contributed by atoms with Crippen molar-refractivity contribution in [1.82, 2.24) is 0 Å². The molecule has 0 amide bonds. The van der Waals surface area contributed by atoms with Crippen LogP contribution >= 0.6 is 0 Å². The number of hydrogen-bond donors (Lipinski definition) is 0. The second kappa shape index (κ2) is 4.69. The van der Waals surface area contributed by atoms with Crippen LogP contribution in [0.25, 0.3) is 0 Å². The Labute approximate surface area is 105 Å². The second-order valence-corrected chi connectivity index (χ2v) is 7.47. The zero-order valence-electron chi connectivity index (χ0n) is 9.81. The first-order valence-corrected chi connectivity index (χ1v) is 8.79. The predicted octanol–water partition coefficient (Wildman–Crippen LogP) is -1.53. The third-order valence-corrected chi connectivity index (χ3v) is 3.75. The molecule has 2 aliphatic heterocycles. The van der Waals surface area contributed by atoms with Crippen LogP contribution in [0.2, 0.25) is 0 Å². The summed E-state index contributed by atoms with van der Waals surface area (Å²) in [5, 5.41) is 0. The van der Waals surface area contributed by atoms with Crippen molar-refractivity contribution in [2.45, 2.75) is 24.4 Å². The van der Waals surface area contributed by atoms with Gasteiger partial charge in [0.15, 0.2) is 0 Å². The smallest absolute Gasteiger partial charge is 0.264 e. The van der Waals surface area contributed by atoms with E-state index in [0.29, 0.717) is 0 Å². The van der Waals surface area contributed by atoms with Gasteiger partial charge >= 0.3 is 0 Å². The highest BCUT2D eigenvalue weighted by Crippen LogP contribution is 2.31. The Morgan fingerprint density at radius 3 is 1.44 bits per heavy atom. The molecule has 0 radical (unpaired) electrons. The molecule has 0 N–H and O–H groups in total. The maximum Gasteiger partial charge on any atom is 0.264 e. The SMILES string of the molecule is CS(=O)(=O)O[C@H]1CO[C@H]2[C@@H]1OC[C@H]2OS(C)(=O)=O. The summed E-state index contributed by atoms with van der Waals surface area (Å²) in [5.74, 6) is 0. The molecule has 2 rings (SSSR count). The van der Waals surface area contributed by atoms with Crippen LogP contribution < -0.4 is 0 Å². The molecule has 4 atom stereocenters. The minimum absolute atomic E-state index is 0.0199. The number of ether oxygens (including phenoxy) is 2. The average Bonchev–Trinajstić information content (AvgIpc) is 2.66. The summed E-state index contributed by atoms with van der Waals surface area (Å²) in [6.07, 6.45) is -0.936. The van der Waals surface area contributed by atoms with E-state index in [2.05, 4.69) is 0 Å². The molecule has 0 aliphatic carbocycles. The van der Waals surface area contributed by atoms with E-state index in [9.17, 15) is 16.8 Å². The molecular formula is C8H14O8S2. The lowest BCUT2D eigenvalue weighted by Gasteiger charge is -2.15. The van der Waals surface area contributed by atoms with Crippen molar-refractivity contribution in [3.63, 3.8) is 0 Å². The quantitative estimate of drug-likeness (QED) is 0.576. The largest absolute Gasteiger partial charge is 0.370 e. The van der Waals surface area contributed by atoms with Gasteiger partial charge in [-0.15, -0.1) is 0 Å². The van der Waals surface area contributed by atoms with Crippen LogP contribution in [-0.4, -0.2) is 67.0 Å². The predicted molar refractivity (Wildman–Crippen MR) is 58.9 cm³/mol. The maximum absolute atomic E-state index is 11.0. The molecule has 0 spiro atoms. The van der Waals surface area contributed by atoms with Gasteiger partial charge in [0.1, 0.15) is 24.4 Å². The minimum atomic E-state index is -3.62. The van der Waals surface area contributed by atoms with Gasteiger partial charge < -0.3 is 9.47 Å². The molecule has 0 aromatic carbocycles. The van der Waals surface area contributed by atoms with Gasteiger partial charge in [0.2, 0.25) is 0 Å². The molecular weight excluding hydrogens is 288 g/mol. The Balaban J connectivity index is 2.03. The van der Waals surface area contributed by atoms with Crippen LogP contribution in [0.15, 0.2) is 0 Å². The standard InChI is InChI=1S/C8H14O8S2/c1-17(9,10)15-5-3-13-8-6(4-14-7(5)8)16-18(2,11)12/h5-8H,3-4H2,1-2H3/t5-,6+,7-,8-/m1/s1. The monoisotopic (exact) mass is 302 g/mol. The second-order valence-electron chi connectivity index (χ2n) is 4.27. The van der Waals surface area contributed by atoms with E-state index < -0.39 is 44.7 Å². The number of rotatable bonds is 4. The fourth-order valence-electron chi connectivity index (χ4n) is 2.04. The van der Waals surface area contributed by atoms with Crippen molar-refractivity contribution >= 4 is 20.2 Å². The fraction of sp³-hybridized carbons (Fsp3) is 1.00. The Morgan fingerprint density at radius 2 is 1.17 bits per heavy atom. The molecule has 2 aliphatic rings. The first-order chi connectivity index (χ1) is 8.16. The Hall–Kier alpha value is -0.260. The van der Waals surface area contributed by atoms with Crippen molar-refractivity contribution in [1.29, 1.82) is 0 Å². The highest BCUT2D eigenvalue weighted by molar-refractivity contribution is 7.86. The van der Waals surface area contributed by atoms with E-state index in [4.69, 9.17) is 17.8 Å². The lowest BCUT2D eigenvalue weighted by atomic mass is 10.1. The van der Waals surface area contributed by atoms with E-state index in [1.54, 1.807) is 0 Å². The Bertz CT molecular complexity index is 461. The van der Waals surface area contributed by atoms with Gasteiger partial charge in [-0.3, -0.25) is 8.37 Å². The normalized spacial score (nSPS) is 36.8. The number of hydrogen-bond acceptors (Lipinski definition) is 8. The van der Waals surface area contributed by atoms with Crippen molar-refractivity contribution < 1.29 is 34.7 Å². The summed E-state index contributed by atoms with van der Waals surface area (Å²) in [6, 6.07) is 0. The third kappa shape index (κ3) is 3.39. The molecule has 0 unspecified atom stereocenters. The van der Waals surface area contributed by atoms with Gasteiger partial charge in [0.25, 0.3) is 20.2 Å². The van der Waals surface area contributed by atoms with Crippen molar-refractivity contribution in [2.24, 2.45) is 0 Å². The molecule has 2 fully saturated rings. The summed E-state index contributed by atoms with van der Waals surface area (Å²) in [7, 11) is -7.24. The molecule has 18 heavy (non-hydrogen) atoms. The lowest BCUT2D eigenvalue weighted by Crippen LogP contribution is -2.35. The van der Waals surface area contributed by atoms with Gasteiger partial charge in [0.05, 0.1) is 25.7 Å². The maximum atomic E-state index is 11.0. The first-order valence-electron chi connectivity index (χ1n) is 5.15. The van der Waals surface area contributed by atoms with Gasteiger partial charge in [-0.2, -0.15) is 16.8 Å². The van der Waals surface area contributed by atoms with Crippen molar-refractivity contribution in [3.05, 3.63) is 0 Å². The number of fused-ring (bicyclic) bond motifs is 1. The molecule has 106 valence electrons. The van der Waals surface area contributed by atoms with Crippen LogP contribution in [-0.2, 0) is 38.1 Å². The zero-order valence-corrected chi connectivity index (χ0v) is 11.4. The molecule has 2 saturated heterocycles. The average molecular weight is 302 g/mol. The molecule has 10 heteroatoms. The van der Waals surface area contributed by atoms with Gasteiger partial charge in [-0.05, 0) is 0 Å². The molecule has 0 bridgehead atoms. The van der Waals surface area contributed by atoms with Gasteiger partial charge in [-0.25, -0.2) is 0 Å². The summed E-state index contributed by atoms with van der Waals surface area (Å²) in [4.78, 5) is 0.